The van der Waals surface area contributed by atoms with Crippen LogP contribution in [0.25, 0.3) is 0 Å². The van der Waals surface area contributed by atoms with Crippen molar-refractivity contribution in [3.63, 3.8) is 0 Å². The highest BCUT2D eigenvalue weighted by Crippen LogP contribution is 2.25. The molecule has 1 aliphatic rings. The molecule has 0 radical (unpaired) electrons. The van der Waals surface area contributed by atoms with Gasteiger partial charge in [0.05, 0.1) is 0 Å². The quantitative estimate of drug-likeness (QED) is 0.483. The van der Waals surface area contributed by atoms with Crippen LogP contribution in [0.4, 0.5) is 0 Å². The Labute approximate surface area is 96.0 Å². The third kappa shape index (κ3) is 3.76. The van der Waals surface area contributed by atoms with Crippen LogP contribution in [0.15, 0.2) is 12.2 Å². The summed E-state index contributed by atoms with van der Waals surface area (Å²) in [5.41, 5.74) is 0. The Bertz CT molecular complexity index is 188. The zero-order valence-electron chi connectivity index (χ0n) is 10.6. The maximum Gasteiger partial charge on any atom is 0.191 e. The predicted octanol–water partition coefficient (Wildman–Crippen LogP) is 4.36. The molecular weight excluding hydrogens is 200 g/mol. The second-order valence-electron chi connectivity index (χ2n) is 4.71. The van der Waals surface area contributed by atoms with Crippen LogP contribution in [0.2, 0.25) is 18.1 Å². The van der Waals surface area contributed by atoms with E-state index in [1.54, 1.807) is 0 Å². The maximum absolute atomic E-state index is 6.32. The van der Waals surface area contributed by atoms with Gasteiger partial charge in [-0.3, -0.25) is 0 Å². The molecule has 0 aromatic rings. The summed E-state index contributed by atoms with van der Waals surface area (Å²) in [6, 6.07) is 3.84. The second-order valence-corrected chi connectivity index (χ2v) is 9.48. The Balaban J connectivity index is 2.35. The standard InChI is InChI=1S/C13H26OSi/c1-4-15(5-2,6-3)14-12-13-10-8-7-9-11-13/h7-8,13H,4-6,9-12H2,1-3H3. The van der Waals surface area contributed by atoms with Crippen LogP contribution in [-0.2, 0) is 4.43 Å². The minimum atomic E-state index is -1.33. The summed E-state index contributed by atoms with van der Waals surface area (Å²) in [4.78, 5) is 0. The lowest BCUT2D eigenvalue weighted by atomic mass is 9.96. The van der Waals surface area contributed by atoms with E-state index in [-0.39, 0.29) is 0 Å². The molecule has 15 heavy (non-hydrogen) atoms. The van der Waals surface area contributed by atoms with Crippen LogP contribution in [-0.4, -0.2) is 14.9 Å². The first kappa shape index (κ1) is 13.0. The Morgan fingerprint density at radius 2 is 1.80 bits per heavy atom. The number of hydrogen-bond donors (Lipinski definition) is 0. The largest absolute Gasteiger partial charge is 0.417 e. The van der Waals surface area contributed by atoms with Gasteiger partial charge in [0, 0.05) is 6.61 Å². The summed E-state index contributed by atoms with van der Waals surface area (Å²) in [7, 11) is -1.33. The minimum absolute atomic E-state index is 0.798. The van der Waals surface area contributed by atoms with Gasteiger partial charge in [-0.2, -0.15) is 0 Å². The molecule has 2 heteroatoms. The van der Waals surface area contributed by atoms with Crippen LogP contribution in [0.1, 0.15) is 40.0 Å². The third-order valence-corrected chi connectivity index (χ3v) is 8.58. The van der Waals surface area contributed by atoms with Crippen LogP contribution in [0.5, 0.6) is 0 Å². The van der Waals surface area contributed by atoms with Crippen molar-refractivity contribution in [2.75, 3.05) is 6.61 Å². The predicted molar refractivity (Wildman–Crippen MR) is 69.6 cm³/mol. The smallest absolute Gasteiger partial charge is 0.191 e. The fraction of sp³-hybridized carbons (Fsp3) is 0.846. The van der Waals surface area contributed by atoms with Gasteiger partial charge in [-0.25, -0.2) is 0 Å². The summed E-state index contributed by atoms with van der Waals surface area (Å²) in [5, 5.41) is 0. The molecule has 1 unspecified atom stereocenters. The molecule has 0 saturated carbocycles. The Morgan fingerprint density at radius 1 is 1.13 bits per heavy atom. The zero-order chi connectivity index (χ0) is 11.1. The van der Waals surface area contributed by atoms with Crippen molar-refractivity contribution in [2.45, 2.75) is 58.2 Å². The first-order valence-corrected chi connectivity index (χ1v) is 9.08. The van der Waals surface area contributed by atoms with Crippen molar-refractivity contribution in [3.8, 4) is 0 Å². The SMILES string of the molecule is CC[Si](CC)(CC)OCC1CC=CCC1. The zero-order valence-corrected chi connectivity index (χ0v) is 11.6. The van der Waals surface area contributed by atoms with Gasteiger partial charge in [0.25, 0.3) is 0 Å². The molecule has 1 nitrogen and oxygen atoms in total. The molecule has 1 aliphatic carbocycles. The molecule has 0 aliphatic heterocycles. The van der Waals surface area contributed by atoms with Gasteiger partial charge in [-0.15, -0.1) is 0 Å². The van der Waals surface area contributed by atoms with Gasteiger partial charge in [-0.1, -0.05) is 32.9 Å². The third-order valence-electron chi connectivity index (χ3n) is 3.94. The van der Waals surface area contributed by atoms with Crippen molar-refractivity contribution in [1.82, 2.24) is 0 Å². The van der Waals surface area contributed by atoms with E-state index in [2.05, 4.69) is 32.9 Å². The van der Waals surface area contributed by atoms with Crippen LogP contribution >= 0.6 is 0 Å². The van der Waals surface area contributed by atoms with Crippen molar-refractivity contribution < 1.29 is 4.43 Å². The van der Waals surface area contributed by atoms with E-state index in [9.17, 15) is 0 Å². The second kappa shape index (κ2) is 6.49. The van der Waals surface area contributed by atoms with Crippen LogP contribution in [0.3, 0.4) is 0 Å². The van der Waals surface area contributed by atoms with Crippen molar-refractivity contribution >= 4 is 8.32 Å². The van der Waals surface area contributed by atoms with E-state index in [0.717, 1.165) is 12.5 Å². The van der Waals surface area contributed by atoms with Gasteiger partial charge in [0.1, 0.15) is 0 Å². The Hall–Kier alpha value is -0.0831. The average Bonchev–Trinajstić information content (AvgIpc) is 2.33. The first-order valence-electron chi connectivity index (χ1n) is 6.55. The molecule has 1 atom stereocenters. The molecule has 0 aromatic carbocycles. The molecule has 0 aromatic heterocycles. The summed E-state index contributed by atoms with van der Waals surface area (Å²) in [6.45, 7) is 7.94. The summed E-state index contributed by atoms with van der Waals surface area (Å²) >= 11 is 0. The van der Waals surface area contributed by atoms with Gasteiger partial charge < -0.3 is 4.43 Å². The van der Waals surface area contributed by atoms with Crippen LogP contribution < -0.4 is 0 Å². The number of rotatable bonds is 6. The fourth-order valence-electron chi connectivity index (χ4n) is 2.36. The van der Waals surface area contributed by atoms with Gasteiger partial charge in [-0.05, 0) is 43.3 Å². The van der Waals surface area contributed by atoms with E-state index in [1.807, 2.05) is 0 Å². The molecule has 0 N–H and O–H groups in total. The van der Waals surface area contributed by atoms with E-state index in [0.29, 0.717) is 0 Å². The molecular formula is C13H26OSi. The van der Waals surface area contributed by atoms with E-state index in [4.69, 9.17) is 4.43 Å². The molecule has 0 saturated heterocycles. The number of hydrogen-bond acceptors (Lipinski definition) is 1. The molecule has 0 amide bonds. The summed E-state index contributed by atoms with van der Waals surface area (Å²) in [6.07, 6.45) is 8.46. The Kier molecular flexibility index (Phi) is 5.62. The minimum Gasteiger partial charge on any atom is -0.417 e. The normalized spacial score (nSPS) is 21.9. The maximum atomic E-state index is 6.32. The van der Waals surface area contributed by atoms with Gasteiger partial charge >= 0.3 is 0 Å². The van der Waals surface area contributed by atoms with E-state index < -0.39 is 8.32 Å². The monoisotopic (exact) mass is 226 g/mol. The Morgan fingerprint density at radius 3 is 2.27 bits per heavy atom. The highest BCUT2D eigenvalue weighted by Gasteiger charge is 2.29. The molecule has 0 bridgehead atoms. The molecule has 0 heterocycles. The van der Waals surface area contributed by atoms with Crippen LogP contribution in [0, 0.1) is 5.92 Å². The van der Waals surface area contributed by atoms with Crippen molar-refractivity contribution in [1.29, 1.82) is 0 Å². The van der Waals surface area contributed by atoms with Gasteiger partial charge in [0.15, 0.2) is 8.32 Å². The molecule has 88 valence electrons. The first-order chi connectivity index (χ1) is 7.26. The number of allylic oxidation sites excluding steroid dienone is 2. The lowest BCUT2D eigenvalue weighted by molar-refractivity contribution is 0.225. The topological polar surface area (TPSA) is 9.23 Å². The lowest BCUT2D eigenvalue weighted by Crippen LogP contribution is -2.37. The van der Waals surface area contributed by atoms with Crippen molar-refractivity contribution in [3.05, 3.63) is 12.2 Å². The molecule has 0 fully saturated rings. The molecule has 1 rings (SSSR count). The van der Waals surface area contributed by atoms with E-state index >= 15 is 0 Å². The highest BCUT2D eigenvalue weighted by atomic mass is 28.4. The summed E-state index contributed by atoms with van der Waals surface area (Å²) in [5.74, 6) is 0.798. The van der Waals surface area contributed by atoms with Gasteiger partial charge in [0.2, 0.25) is 0 Å². The average molecular weight is 226 g/mol. The molecule has 0 spiro atoms. The lowest BCUT2D eigenvalue weighted by Gasteiger charge is -2.30. The fourth-order valence-corrected chi connectivity index (χ4v) is 5.06. The summed E-state index contributed by atoms with van der Waals surface area (Å²) < 4.78 is 6.32. The highest BCUT2D eigenvalue weighted by molar-refractivity contribution is 6.73. The van der Waals surface area contributed by atoms with E-state index in [1.165, 1.54) is 37.4 Å². The van der Waals surface area contributed by atoms with Crippen molar-refractivity contribution in [2.24, 2.45) is 5.92 Å².